The second kappa shape index (κ2) is 7.35. The number of piperidine rings is 1. The first kappa shape index (κ1) is 17.0. The van der Waals surface area contributed by atoms with Crippen LogP contribution in [0.15, 0.2) is 42.5 Å². The highest BCUT2D eigenvalue weighted by Gasteiger charge is 2.26. The zero-order valence-electron chi connectivity index (χ0n) is 14.1. The summed E-state index contributed by atoms with van der Waals surface area (Å²) in [7, 11) is 0. The molecule has 4 nitrogen and oxygen atoms in total. The molecule has 1 fully saturated rings. The second-order valence-corrected chi connectivity index (χ2v) is 6.34. The van der Waals surface area contributed by atoms with Crippen molar-refractivity contribution in [1.29, 1.82) is 5.26 Å². The fourth-order valence-corrected chi connectivity index (χ4v) is 3.16. The van der Waals surface area contributed by atoms with Crippen molar-refractivity contribution in [2.45, 2.75) is 19.8 Å². The van der Waals surface area contributed by atoms with Crippen molar-refractivity contribution in [2.24, 2.45) is 5.92 Å². The maximum Gasteiger partial charge on any atom is 0.227 e. The Balaban J connectivity index is 1.61. The van der Waals surface area contributed by atoms with E-state index in [0.717, 1.165) is 11.3 Å². The standard InChI is InChI=1S/C20H20FN3O/c1-14-4-2-3-5-18(14)23-20(25)16-8-10-24(11-9-16)19-7-6-15(13-22)12-17(19)21/h2-7,12,16H,8-11H2,1H3,(H,23,25). The van der Waals surface area contributed by atoms with Crippen LogP contribution >= 0.6 is 0 Å². The topological polar surface area (TPSA) is 56.1 Å². The van der Waals surface area contributed by atoms with Gasteiger partial charge >= 0.3 is 0 Å². The van der Waals surface area contributed by atoms with Gasteiger partial charge in [-0.1, -0.05) is 18.2 Å². The number of halogens is 1. The number of carbonyl (C=O) groups is 1. The Kier molecular flexibility index (Phi) is 4.99. The molecule has 1 saturated heterocycles. The molecule has 0 saturated carbocycles. The van der Waals surface area contributed by atoms with E-state index < -0.39 is 0 Å². The first-order chi connectivity index (χ1) is 12.1. The van der Waals surface area contributed by atoms with Gasteiger partial charge in [-0.2, -0.15) is 5.26 Å². The maximum absolute atomic E-state index is 14.1. The quantitative estimate of drug-likeness (QED) is 0.925. The van der Waals surface area contributed by atoms with Gasteiger partial charge < -0.3 is 10.2 Å². The zero-order valence-corrected chi connectivity index (χ0v) is 14.1. The summed E-state index contributed by atoms with van der Waals surface area (Å²) in [4.78, 5) is 14.4. The fraction of sp³-hybridized carbons (Fsp3) is 0.300. The smallest absolute Gasteiger partial charge is 0.227 e. The molecule has 0 unspecified atom stereocenters. The van der Waals surface area contributed by atoms with E-state index >= 15 is 0 Å². The normalized spacial score (nSPS) is 14.8. The number of anilines is 2. The van der Waals surface area contributed by atoms with Crippen LogP contribution in [0.25, 0.3) is 0 Å². The zero-order chi connectivity index (χ0) is 17.8. The molecule has 1 heterocycles. The molecule has 1 N–H and O–H groups in total. The molecular weight excluding hydrogens is 317 g/mol. The third kappa shape index (κ3) is 3.80. The molecule has 0 bridgehead atoms. The molecule has 128 valence electrons. The van der Waals surface area contributed by atoms with Crippen molar-refractivity contribution in [1.82, 2.24) is 0 Å². The summed E-state index contributed by atoms with van der Waals surface area (Å²) in [5.41, 5.74) is 2.69. The van der Waals surface area contributed by atoms with Gasteiger partial charge in [-0.15, -0.1) is 0 Å². The molecule has 2 aromatic carbocycles. The van der Waals surface area contributed by atoms with Gasteiger partial charge in [0.05, 0.1) is 17.3 Å². The van der Waals surface area contributed by atoms with Gasteiger partial charge in [-0.05, 0) is 49.6 Å². The molecule has 1 aliphatic rings. The Morgan fingerprint density at radius 2 is 1.96 bits per heavy atom. The number of carbonyl (C=O) groups excluding carboxylic acids is 1. The lowest BCUT2D eigenvalue weighted by Gasteiger charge is -2.33. The number of hydrogen-bond acceptors (Lipinski definition) is 3. The van der Waals surface area contributed by atoms with E-state index in [1.165, 1.54) is 6.07 Å². The number of para-hydroxylation sites is 1. The summed E-state index contributed by atoms with van der Waals surface area (Å²) in [5.74, 6) is -0.437. The van der Waals surface area contributed by atoms with E-state index in [4.69, 9.17) is 5.26 Å². The Labute approximate surface area is 146 Å². The Bertz CT molecular complexity index is 820. The highest BCUT2D eigenvalue weighted by molar-refractivity contribution is 5.93. The molecule has 0 spiro atoms. The van der Waals surface area contributed by atoms with E-state index in [1.54, 1.807) is 12.1 Å². The van der Waals surface area contributed by atoms with E-state index in [-0.39, 0.29) is 17.6 Å². The summed E-state index contributed by atoms with van der Waals surface area (Å²) < 4.78 is 14.1. The number of nitrogens with one attached hydrogen (secondary N) is 1. The summed E-state index contributed by atoms with van der Waals surface area (Å²) in [6.07, 6.45) is 1.36. The number of nitrogens with zero attached hydrogens (tertiary/aromatic N) is 2. The van der Waals surface area contributed by atoms with Crippen LogP contribution < -0.4 is 10.2 Å². The summed E-state index contributed by atoms with van der Waals surface area (Å²) >= 11 is 0. The van der Waals surface area contributed by atoms with Gasteiger partial charge in [0.2, 0.25) is 5.91 Å². The van der Waals surface area contributed by atoms with E-state index in [1.807, 2.05) is 42.2 Å². The minimum absolute atomic E-state index is 0.0225. The Morgan fingerprint density at radius 1 is 1.24 bits per heavy atom. The van der Waals surface area contributed by atoms with Gasteiger partial charge in [0.15, 0.2) is 0 Å². The Morgan fingerprint density at radius 3 is 2.60 bits per heavy atom. The van der Waals surface area contributed by atoms with Gasteiger partial charge in [0.25, 0.3) is 0 Å². The van der Waals surface area contributed by atoms with Gasteiger partial charge in [-0.3, -0.25) is 4.79 Å². The average molecular weight is 337 g/mol. The molecule has 3 rings (SSSR count). The predicted molar refractivity (Wildman–Crippen MR) is 95.9 cm³/mol. The van der Waals surface area contributed by atoms with Crippen molar-refractivity contribution >= 4 is 17.3 Å². The SMILES string of the molecule is Cc1ccccc1NC(=O)C1CCN(c2ccc(C#N)cc2F)CC1. The molecule has 2 aromatic rings. The van der Waals surface area contributed by atoms with Gasteiger partial charge in [0.1, 0.15) is 5.82 Å². The predicted octanol–water partition coefficient (Wildman–Crippen LogP) is 3.86. The minimum atomic E-state index is -0.387. The number of hydrogen-bond donors (Lipinski definition) is 1. The highest BCUT2D eigenvalue weighted by atomic mass is 19.1. The van der Waals surface area contributed by atoms with Crippen LogP contribution in [0.5, 0.6) is 0 Å². The van der Waals surface area contributed by atoms with Crippen LogP contribution in [0, 0.1) is 30.0 Å². The molecule has 25 heavy (non-hydrogen) atoms. The lowest BCUT2D eigenvalue weighted by atomic mass is 9.95. The number of aryl methyl sites for hydroxylation is 1. The van der Waals surface area contributed by atoms with E-state index in [0.29, 0.717) is 37.2 Å². The lowest BCUT2D eigenvalue weighted by molar-refractivity contribution is -0.120. The highest BCUT2D eigenvalue weighted by Crippen LogP contribution is 2.27. The van der Waals surface area contributed by atoms with Crippen LogP contribution in [0.2, 0.25) is 0 Å². The van der Waals surface area contributed by atoms with Crippen molar-refractivity contribution in [3.63, 3.8) is 0 Å². The van der Waals surface area contributed by atoms with E-state index in [9.17, 15) is 9.18 Å². The molecule has 0 radical (unpaired) electrons. The number of rotatable bonds is 3. The van der Waals surface area contributed by atoms with Crippen LogP contribution in [-0.4, -0.2) is 19.0 Å². The third-order valence-electron chi connectivity index (χ3n) is 4.69. The first-order valence-corrected chi connectivity index (χ1v) is 8.39. The van der Waals surface area contributed by atoms with Gasteiger partial charge in [0, 0.05) is 24.7 Å². The molecule has 1 aliphatic heterocycles. The number of benzene rings is 2. The molecule has 0 aliphatic carbocycles. The summed E-state index contributed by atoms with van der Waals surface area (Å²) in [5, 5.41) is 11.8. The first-order valence-electron chi connectivity index (χ1n) is 8.39. The van der Waals surface area contributed by atoms with Crippen LogP contribution in [0.4, 0.5) is 15.8 Å². The average Bonchev–Trinajstić information content (AvgIpc) is 2.63. The molecule has 5 heteroatoms. The molecule has 0 aromatic heterocycles. The van der Waals surface area contributed by atoms with Crippen LogP contribution in [0.3, 0.4) is 0 Å². The van der Waals surface area contributed by atoms with Crippen molar-refractivity contribution < 1.29 is 9.18 Å². The summed E-state index contributed by atoms with van der Waals surface area (Å²) in [6, 6.07) is 14.2. The largest absolute Gasteiger partial charge is 0.369 e. The molecule has 1 amide bonds. The minimum Gasteiger partial charge on any atom is -0.369 e. The maximum atomic E-state index is 14.1. The van der Waals surface area contributed by atoms with Crippen molar-refractivity contribution in [2.75, 3.05) is 23.3 Å². The van der Waals surface area contributed by atoms with Crippen molar-refractivity contribution in [3.8, 4) is 6.07 Å². The number of amides is 1. The fourth-order valence-electron chi connectivity index (χ4n) is 3.16. The van der Waals surface area contributed by atoms with Gasteiger partial charge in [-0.25, -0.2) is 4.39 Å². The number of nitriles is 1. The monoisotopic (exact) mass is 337 g/mol. The molecular formula is C20H20FN3O. The lowest BCUT2D eigenvalue weighted by Crippen LogP contribution is -2.38. The van der Waals surface area contributed by atoms with E-state index in [2.05, 4.69) is 5.32 Å². The van der Waals surface area contributed by atoms with Crippen LogP contribution in [-0.2, 0) is 4.79 Å². The summed E-state index contributed by atoms with van der Waals surface area (Å²) in [6.45, 7) is 3.20. The second-order valence-electron chi connectivity index (χ2n) is 6.34. The third-order valence-corrected chi connectivity index (χ3v) is 4.69. The Hall–Kier alpha value is -2.87. The molecule has 0 atom stereocenters. The van der Waals surface area contributed by atoms with Crippen LogP contribution in [0.1, 0.15) is 24.0 Å². The van der Waals surface area contributed by atoms with Crippen molar-refractivity contribution in [3.05, 3.63) is 59.4 Å².